The maximum absolute atomic E-state index is 14.7. The zero-order valence-corrected chi connectivity index (χ0v) is 17.2. The Balaban J connectivity index is 1.28. The molecule has 33 heavy (non-hydrogen) atoms. The molecule has 0 radical (unpaired) electrons. The van der Waals surface area contributed by atoms with Crippen LogP contribution in [0.4, 0.5) is 10.1 Å². The average Bonchev–Trinajstić information content (AvgIpc) is 3.63. The van der Waals surface area contributed by atoms with Crippen LogP contribution in [0, 0.1) is 11.7 Å². The van der Waals surface area contributed by atoms with Crippen molar-refractivity contribution in [3.63, 3.8) is 0 Å². The summed E-state index contributed by atoms with van der Waals surface area (Å²) in [4.78, 5) is 35.9. The fraction of sp³-hybridized carbons (Fsp3) is 0.182. The van der Waals surface area contributed by atoms with Gasteiger partial charge in [0, 0.05) is 31.4 Å². The number of rotatable bonds is 4. The highest BCUT2D eigenvalue weighted by atomic mass is 19.1. The Labute approximate surface area is 186 Å². The number of benzene rings is 1. The van der Waals surface area contributed by atoms with Crippen molar-refractivity contribution in [1.82, 2.24) is 29.9 Å². The molecule has 2 unspecified atom stereocenters. The Morgan fingerprint density at radius 2 is 1.88 bits per heavy atom. The highest BCUT2D eigenvalue weighted by Gasteiger charge is 2.43. The van der Waals surface area contributed by atoms with Crippen LogP contribution in [0.1, 0.15) is 10.4 Å². The Morgan fingerprint density at radius 1 is 1.09 bits per heavy atom. The summed E-state index contributed by atoms with van der Waals surface area (Å²) >= 11 is 0. The van der Waals surface area contributed by atoms with Crippen LogP contribution in [0.25, 0.3) is 16.7 Å². The van der Waals surface area contributed by atoms with Gasteiger partial charge >= 0.3 is 0 Å². The van der Waals surface area contributed by atoms with Gasteiger partial charge in [0.2, 0.25) is 0 Å². The van der Waals surface area contributed by atoms with Crippen LogP contribution >= 0.6 is 0 Å². The molecule has 0 spiro atoms. The summed E-state index contributed by atoms with van der Waals surface area (Å²) in [5.74, 6) is -1.92. The van der Waals surface area contributed by atoms with Crippen LogP contribution in [0.15, 0.2) is 60.2 Å². The van der Waals surface area contributed by atoms with E-state index in [-0.39, 0.29) is 34.2 Å². The second-order valence-electron chi connectivity index (χ2n) is 7.92. The summed E-state index contributed by atoms with van der Waals surface area (Å²) < 4.78 is 14.7. The highest BCUT2D eigenvalue weighted by molar-refractivity contribution is 6.45. The first-order chi connectivity index (χ1) is 16.1. The molecule has 1 saturated heterocycles. The standard InChI is InChI=1S/C22H17FN8O2/c23-16-10-25-21(31-26-6-7-27-31)19-18(16)15(9-24-19)20(32)22(33)29-11-13-8-28-30(17(13)12-29)14-4-2-1-3-5-14/h1-10,13,17,24H,11-12H2. The third-order valence-electron chi connectivity index (χ3n) is 6.03. The lowest BCUT2D eigenvalue weighted by Gasteiger charge is -2.23. The SMILES string of the molecule is O=C(C(=O)N1CC2C=NN(c3ccccc3)C2C1)c1c[nH]c2c(-n3nccn3)ncc(F)c12. The number of nitrogens with zero attached hydrogens (tertiary/aromatic N) is 7. The lowest BCUT2D eigenvalue weighted by molar-refractivity contribution is -0.125. The number of aromatic amines is 1. The van der Waals surface area contributed by atoms with Gasteiger partial charge in [0.25, 0.3) is 11.7 Å². The van der Waals surface area contributed by atoms with Crippen LogP contribution in [-0.2, 0) is 4.79 Å². The lowest BCUT2D eigenvalue weighted by Crippen LogP contribution is -2.38. The van der Waals surface area contributed by atoms with Crippen LogP contribution in [-0.4, -0.2) is 66.9 Å². The van der Waals surface area contributed by atoms with Crippen LogP contribution < -0.4 is 5.01 Å². The number of carbonyl (C=O) groups excluding carboxylic acids is 2. The van der Waals surface area contributed by atoms with Crippen molar-refractivity contribution in [3.8, 4) is 5.82 Å². The van der Waals surface area contributed by atoms with Crippen LogP contribution in [0.3, 0.4) is 0 Å². The molecule has 1 N–H and O–H groups in total. The smallest absolute Gasteiger partial charge is 0.295 e. The number of nitrogens with one attached hydrogen (secondary N) is 1. The van der Waals surface area contributed by atoms with Crippen molar-refractivity contribution >= 4 is 34.5 Å². The van der Waals surface area contributed by atoms with Crippen molar-refractivity contribution < 1.29 is 14.0 Å². The van der Waals surface area contributed by atoms with Gasteiger partial charge in [-0.15, -0.1) is 4.80 Å². The molecule has 1 aromatic carbocycles. The molecular weight excluding hydrogens is 427 g/mol. The number of amides is 1. The number of aromatic nitrogens is 5. The number of para-hydroxylation sites is 1. The number of likely N-dealkylation sites (tertiary alicyclic amines) is 1. The second kappa shape index (κ2) is 7.33. The fourth-order valence-corrected chi connectivity index (χ4v) is 4.47. The summed E-state index contributed by atoms with van der Waals surface area (Å²) in [5.41, 5.74) is 1.12. The quantitative estimate of drug-likeness (QED) is 0.379. The van der Waals surface area contributed by atoms with E-state index in [1.54, 1.807) is 0 Å². The van der Waals surface area contributed by atoms with E-state index in [2.05, 4.69) is 25.3 Å². The van der Waals surface area contributed by atoms with E-state index in [0.717, 1.165) is 11.9 Å². The van der Waals surface area contributed by atoms with E-state index in [4.69, 9.17) is 0 Å². The Kier molecular flexibility index (Phi) is 4.28. The number of H-pyrrole nitrogens is 1. The van der Waals surface area contributed by atoms with E-state index in [9.17, 15) is 14.0 Å². The summed E-state index contributed by atoms with van der Waals surface area (Å²) in [7, 11) is 0. The zero-order chi connectivity index (χ0) is 22.5. The Hall–Kier alpha value is -4.41. The number of pyridine rings is 1. The number of fused-ring (bicyclic) bond motifs is 2. The third kappa shape index (κ3) is 3.00. The van der Waals surface area contributed by atoms with E-state index in [1.165, 1.54) is 28.3 Å². The average molecular weight is 444 g/mol. The van der Waals surface area contributed by atoms with Crippen LogP contribution in [0.5, 0.6) is 0 Å². The molecule has 2 atom stereocenters. The van der Waals surface area contributed by atoms with E-state index in [0.29, 0.717) is 13.1 Å². The number of Topliss-reactive ketones (excluding diaryl/α,β-unsaturated/α-hetero) is 1. The molecule has 11 heteroatoms. The van der Waals surface area contributed by atoms with Gasteiger partial charge in [-0.05, 0) is 12.1 Å². The van der Waals surface area contributed by atoms with Crippen LogP contribution in [0.2, 0.25) is 0 Å². The predicted molar refractivity (Wildman–Crippen MR) is 117 cm³/mol. The van der Waals surface area contributed by atoms with Crippen molar-refractivity contribution in [2.45, 2.75) is 6.04 Å². The zero-order valence-electron chi connectivity index (χ0n) is 17.2. The van der Waals surface area contributed by atoms with Crippen molar-refractivity contribution in [2.75, 3.05) is 18.1 Å². The number of ketones is 1. The summed E-state index contributed by atoms with van der Waals surface area (Å²) in [5, 5.41) is 14.4. The molecule has 1 amide bonds. The van der Waals surface area contributed by atoms with E-state index >= 15 is 0 Å². The first-order valence-corrected chi connectivity index (χ1v) is 10.4. The van der Waals surface area contributed by atoms with Gasteiger partial charge in [-0.1, -0.05) is 18.2 Å². The van der Waals surface area contributed by atoms with Gasteiger partial charge in [0.15, 0.2) is 11.6 Å². The predicted octanol–water partition coefficient (Wildman–Crippen LogP) is 1.80. The van der Waals surface area contributed by atoms with Gasteiger partial charge in [0.05, 0.1) is 46.8 Å². The molecule has 3 aromatic heterocycles. The number of hydrazone groups is 1. The topological polar surface area (TPSA) is 112 Å². The summed E-state index contributed by atoms with van der Waals surface area (Å²) in [6.45, 7) is 0.718. The molecule has 5 heterocycles. The fourth-order valence-electron chi connectivity index (χ4n) is 4.47. The maximum atomic E-state index is 14.7. The van der Waals surface area contributed by atoms with Crippen molar-refractivity contribution in [1.29, 1.82) is 0 Å². The number of hydrogen-bond donors (Lipinski definition) is 1. The normalized spacial score (nSPS) is 19.4. The molecule has 1 fully saturated rings. The van der Waals surface area contributed by atoms with Crippen molar-refractivity contribution in [2.24, 2.45) is 11.0 Å². The second-order valence-corrected chi connectivity index (χ2v) is 7.92. The minimum Gasteiger partial charge on any atom is -0.357 e. The van der Waals surface area contributed by atoms with Gasteiger partial charge < -0.3 is 9.88 Å². The van der Waals surface area contributed by atoms with Crippen molar-refractivity contribution in [3.05, 3.63) is 66.5 Å². The highest BCUT2D eigenvalue weighted by Crippen LogP contribution is 2.32. The number of carbonyl (C=O) groups is 2. The monoisotopic (exact) mass is 444 g/mol. The molecule has 2 aliphatic rings. The van der Waals surface area contributed by atoms with E-state index < -0.39 is 17.5 Å². The van der Waals surface area contributed by atoms with E-state index in [1.807, 2.05) is 41.6 Å². The molecule has 10 nitrogen and oxygen atoms in total. The molecule has 164 valence electrons. The minimum absolute atomic E-state index is 0.0116. The molecular formula is C22H17FN8O2. The largest absolute Gasteiger partial charge is 0.357 e. The molecule has 0 bridgehead atoms. The first kappa shape index (κ1) is 19.3. The molecule has 6 rings (SSSR count). The number of anilines is 1. The van der Waals surface area contributed by atoms with Gasteiger partial charge in [-0.25, -0.2) is 9.37 Å². The van der Waals surface area contributed by atoms with Gasteiger partial charge in [-0.2, -0.15) is 15.3 Å². The lowest BCUT2D eigenvalue weighted by atomic mass is 10.1. The Morgan fingerprint density at radius 3 is 2.67 bits per heavy atom. The Bertz CT molecular complexity index is 1400. The molecule has 0 saturated carbocycles. The molecule has 4 aromatic rings. The number of halogens is 1. The summed E-state index contributed by atoms with van der Waals surface area (Å²) in [6, 6.07) is 9.62. The van der Waals surface area contributed by atoms with Gasteiger partial charge in [-0.3, -0.25) is 14.6 Å². The maximum Gasteiger partial charge on any atom is 0.295 e. The number of hydrogen-bond acceptors (Lipinski definition) is 7. The third-order valence-corrected chi connectivity index (χ3v) is 6.03. The minimum atomic E-state index is -0.783. The first-order valence-electron chi connectivity index (χ1n) is 10.4. The summed E-state index contributed by atoms with van der Waals surface area (Å²) in [6.07, 6.45) is 7.06. The molecule has 2 aliphatic heterocycles. The van der Waals surface area contributed by atoms with Gasteiger partial charge in [0.1, 0.15) is 0 Å². The molecule has 0 aliphatic carbocycles.